The summed E-state index contributed by atoms with van der Waals surface area (Å²) in [7, 11) is 0. The fourth-order valence-corrected chi connectivity index (χ4v) is 3.76. The van der Waals surface area contributed by atoms with Gasteiger partial charge in [0.15, 0.2) is 0 Å². The van der Waals surface area contributed by atoms with Crippen molar-refractivity contribution >= 4 is 33.1 Å². The Morgan fingerprint density at radius 1 is 0.962 bits per heavy atom. The van der Waals surface area contributed by atoms with E-state index in [9.17, 15) is 4.79 Å². The number of carbonyl (C=O) groups excluding carboxylic acids is 1. The highest BCUT2D eigenvalue weighted by Crippen LogP contribution is 2.30. The Balaban J connectivity index is 1.45. The summed E-state index contributed by atoms with van der Waals surface area (Å²) < 4.78 is 1.18. The quantitative estimate of drug-likeness (QED) is 0.527. The Morgan fingerprint density at radius 3 is 2.42 bits per heavy atom. The van der Waals surface area contributed by atoms with Gasteiger partial charge in [-0.05, 0) is 48.9 Å². The number of hydrogen-bond donors (Lipinski definition) is 1. The maximum absolute atomic E-state index is 12.2. The van der Waals surface area contributed by atoms with Crippen LogP contribution < -0.4 is 5.32 Å². The molecule has 0 unspecified atom stereocenters. The lowest BCUT2D eigenvalue weighted by Crippen LogP contribution is -2.14. The summed E-state index contributed by atoms with van der Waals surface area (Å²) in [6.07, 6.45) is 0.375. The first-order valence-corrected chi connectivity index (χ1v) is 9.30. The number of hydrogen-bond acceptors (Lipinski definition) is 3. The molecular weight excluding hydrogens is 340 g/mol. The predicted octanol–water partition coefficient (Wildman–Crippen LogP) is 5.45. The van der Waals surface area contributed by atoms with Gasteiger partial charge in [0, 0.05) is 11.3 Å². The summed E-state index contributed by atoms with van der Waals surface area (Å²) in [6.45, 7) is 2.04. The van der Waals surface area contributed by atoms with Gasteiger partial charge in [-0.1, -0.05) is 42.0 Å². The van der Waals surface area contributed by atoms with Crippen LogP contribution in [0.15, 0.2) is 72.8 Å². The molecule has 0 spiro atoms. The maximum Gasteiger partial charge on any atom is 0.228 e. The molecule has 0 aliphatic carbocycles. The number of thiazole rings is 1. The number of anilines is 1. The maximum atomic E-state index is 12.2. The summed E-state index contributed by atoms with van der Waals surface area (Å²) >= 11 is 1.67. The van der Waals surface area contributed by atoms with E-state index < -0.39 is 0 Å². The van der Waals surface area contributed by atoms with Gasteiger partial charge >= 0.3 is 0 Å². The van der Waals surface area contributed by atoms with Crippen LogP contribution >= 0.6 is 11.3 Å². The van der Waals surface area contributed by atoms with Crippen molar-refractivity contribution in [3.63, 3.8) is 0 Å². The van der Waals surface area contributed by atoms with Crippen LogP contribution in [-0.2, 0) is 11.2 Å². The molecule has 0 fully saturated rings. The highest BCUT2D eigenvalue weighted by atomic mass is 32.1. The molecule has 3 nitrogen and oxygen atoms in total. The van der Waals surface area contributed by atoms with Crippen LogP contribution in [0, 0.1) is 6.92 Å². The van der Waals surface area contributed by atoms with Gasteiger partial charge in [-0.3, -0.25) is 4.79 Å². The van der Waals surface area contributed by atoms with Gasteiger partial charge in [0.05, 0.1) is 16.6 Å². The van der Waals surface area contributed by atoms with E-state index >= 15 is 0 Å². The van der Waals surface area contributed by atoms with E-state index in [4.69, 9.17) is 0 Å². The molecule has 4 rings (SSSR count). The molecule has 128 valence electrons. The average molecular weight is 358 g/mol. The number of nitrogens with one attached hydrogen (secondary N) is 1. The van der Waals surface area contributed by atoms with E-state index in [2.05, 4.69) is 16.4 Å². The fraction of sp³-hybridized carbons (Fsp3) is 0.0909. The second-order valence-electron chi connectivity index (χ2n) is 6.27. The predicted molar refractivity (Wildman–Crippen MR) is 109 cm³/mol. The van der Waals surface area contributed by atoms with Crippen molar-refractivity contribution in [1.29, 1.82) is 0 Å². The molecule has 4 aromatic rings. The number of rotatable bonds is 4. The first kappa shape index (κ1) is 16.5. The number of nitrogens with zero attached hydrogens (tertiary/aromatic N) is 1. The Hall–Kier alpha value is -2.98. The van der Waals surface area contributed by atoms with E-state index in [-0.39, 0.29) is 5.91 Å². The molecule has 26 heavy (non-hydrogen) atoms. The van der Waals surface area contributed by atoms with Crippen LogP contribution in [0.25, 0.3) is 20.8 Å². The summed E-state index contributed by atoms with van der Waals surface area (Å²) in [4.78, 5) is 16.9. The normalized spacial score (nSPS) is 10.8. The summed E-state index contributed by atoms with van der Waals surface area (Å²) in [5.41, 5.74) is 5.08. The zero-order chi connectivity index (χ0) is 17.9. The van der Waals surface area contributed by atoms with Crippen LogP contribution in [0.3, 0.4) is 0 Å². The molecule has 0 bridgehead atoms. The largest absolute Gasteiger partial charge is 0.326 e. The highest BCUT2D eigenvalue weighted by Gasteiger charge is 2.07. The van der Waals surface area contributed by atoms with Crippen molar-refractivity contribution in [2.75, 3.05) is 5.32 Å². The van der Waals surface area contributed by atoms with Crippen molar-refractivity contribution in [1.82, 2.24) is 4.98 Å². The number of aryl methyl sites for hydroxylation is 1. The molecule has 1 aromatic heterocycles. The summed E-state index contributed by atoms with van der Waals surface area (Å²) in [6, 6.07) is 24.0. The number of aromatic nitrogens is 1. The summed E-state index contributed by atoms with van der Waals surface area (Å²) in [5, 5.41) is 3.94. The van der Waals surface area contributed by atoms with Crippen molar-refractivity contribution < 1.29 is 4.79 Å². The molecule has 3 aromatic carbocycles. The molecule has 0 aliphatic heterocycles. The molecule has 0 saturated carbocycles. The topological polar surface area (TPSA) is 42.0 Å². The summed E-state index contributed by atoms with van der Waals surface area (Å²) in [5.74, 6) is -0.0124. The van der Waals surface area contributed by atoms with Crippen molar-refractivity contribution in [2.45, 2.75) is 13.3 Å². The van der Waals surface area contributed by atoms with Crippen LogP contribution in [0.5, 0.6) is 0 Å². The van der Waals surface area contributed by atoms with E-state index in [1.54, 1.807) is 11.3 Å². The van der Waals surface area contributed by atoms with Crippen LogP contribution in [0.4, 0.5) is 5.69 Å². The van der Waals surface area contributed by atoms with Gasteiger partial charge in [0.25, 0.3) is 0 Å². The molecule has 1 N–H and O–H groups in total. The average Bonchev–Trinajstić information content (AvgIpc) is 3.08. The second-order valence-corrected chi connectivity index (χ2v) is 7.31. The monoisotopic (exact) mass is 358 g/mol. The van der Waals surface area contributed by atoms with Crippen molar-refractivity contribution in [2.24, 2.45) is 0 Å². The molecule has 0 radical (unpaired) electrons. The van der Waals surface area contributed by atoms with E-state index in [1.807, 2.05) is 73.7 Å². The van der Waals surface area contributed by atoms with Crippen molar-refractivity contribution in [3.8, 4) is 10.6 Å². The smallest absolute Gasteiger partial charge is 0.228 e. The molecule has 0 saturated heterocycles. The minimum Gasteiger partial charge on any atom is -0.326 e. The second kappa shape index (κ2) is 7.10. The van der Waals surface area contributed by atoms with Gasteiger partial charge in [-0.15, -0.1) is 11.3 Å². The third-order valence-electron chi connectivity index (χ3n) is 4.19. The number of amides is 1. The standard InChI is InChI=1S/C22H18N2OS/c1-15-6-8-16(9-7-15)14-21(25)23-18-12-10-17(11-13-18)22-24-19-4-2-3-5-20(19)26-22/h2-13H,14H2,1H3,(H,23,25). The number of para-hydroxylation sites is 1. The minimum absolute atomic E-state index is 0.0124. The van der Waals surface area contributed by atoms with Gasteiger partial charge in [-0.25, -0.2) is 4.98 Å². The first-order valence-electron chi connectivity index (χ1n) is 8.49. The van der Waals surface area contributed by atoms with E-state index in [0.717, 1.165) is 27.3 Å². The number of carbonyl (C=O) groups is 1. The molecule has 1 heterocycles. The van der Waals surface area contributed by atoms with Crippen molar-refractivity contribution in [3.05, 3.63) is 83.9 Å². The van der Waals surface area contributed by atoms with Gasteiger partial charge < -0.3 is 5.32 Å². The molecule has 0 atom stereocenters. The van der Waals surface area contributed by atoms with Gasteiger partial charge in [0.1, 0.15) is 5.01 Å². The Morgan fingerprint density at radius 2 is 1.69 bits per heavy atom. The van der Waals surface area contributed by atoms with Crippen LogP contribution in [-0.4, -0.2) is 10.9 Å². The number of fused-ring (bicyclic) bond motifs is 1. The molecule has 1 amide bonds. The Bertz CT molecular complexity index is 1020. The Labute approximate surface area is 156 Å². The lowest BCUT2D eigenvalue weighted by Gasteiger charge is -2.06. The van der Waals surface area contributed by atoms with E-state index in [0.29, 0.717) is 6.42 Å². The van der Waals surface area contributed by atoms with Gasteiger partial charge in [-0.2, -0.15) is 0 Å². The van der Waals surface area contributed by atoms with Gasteiger partial charge in [0.2, 0.25) is 5.91 Å². The van der Waals surface area contributed by atoms with Crippen LogP contribution in [0.1, 0.15) is 11.1 Å². The fourth-order valence-electron chi connectivity index (χ4n) is 2.79. The molecular formula is C22H18N2OS. The minimum atomic E-state index is -0.0124. The highest BCUT2D eigenvalue weighted by molar-refractivity contribution is 7.21. The lowest BCUT2D eigenvalue weighted by atomic mass is 10.1. The van der Waals surface area contributed by atoms with E-state index in [1.165, 1.54) is 10.3 Å². The Kier molecular flexibility index (Phi) is 4.50. The third-order valence-corrected chi connectivity index (χ3v) is 5.28. The first-order chi connectivity index (χ1) is 12.7. The molecule has 4 heteroatoms. The number of benzene rings is 3. The molecule has 0 aliphatic rings. The lowest BCUT2D eigenvalue weighted by molar-refractivity contribution is -0.115. The van der Waals surface area contributed by atoms with Crippen LogP contribution in [0.2, 0.25) is 0 Å². The third kappa shape index (κ3) is 3.65. The zero-order valence-electron chi connectivity index (χ0n) is 14.4. The zero-order valence-corrected chi connectivity index (χ0v) is 15.2. The SMILES string of the molecule is Cc1ccc(CC(=O)Nc2ccc(-c3nc4ccccc4s3)cc2)cc1.